The minimum atomic E-state index is 0. The highest BCUT2D eigenvalue weighted by Crippen LogP contribution is 2.13. The van der Waals surface area contributed by atoms with Gasteiger partial charge in [-0.05, 0) is 50.6 Å². The third-order valence-electron chi connectivity index (χ3n) is 4.26. The molecule has 2 rings (SSSR count). The molecule has 0 unspecified atom stereocenters. The maximum atomic E-state index is 11.8. The van der Waals surface area contributed by atoms with Crippen LogP contribution in [0.5, 0.6) is 5.75 Å². The van der Waals surface area contributed by atoms with E-state index in [0.29, 0.717) is 25.0 Å². The summed E-state index contributed by atoms with van der Waals surface area (Å²) < 4.78 is 5.59. The van der Waals surface area contributed by atoms with Crippen LogP contribution in [-0.4, -0.2) is 62.5 Å². The molecule has 0 atom stereocenters. The van der Waals surface area contributed by atoms with Crippen molar-refractivity contribution >= 4 is 24.1 Å². The van der Waals surface area contributed by atoms with Crippen LogP contribution in [0.25, 0.3) is 0 Å². The number of hydrogen-bond donors (Lipinski definition) is 2. The van der Waals surface area contributed by atoms with Crippen LogP contribution in [-0.2, 0) is 4.79 Å². The van der Waals surface area contributed by atoms with Crippen molar-refractivity contribution in [3.8, 4) is 5.75 Å². The fraction of sp³-hybridized carbons (Fsp3) is 0.579. The van der Waals surface area contributed by atoms with Gasteiger partial charge < -0.3 is 20.3 Å². The van der Waals surface area contributed by atoms with Gasteiger partial charge in [0.15, 0.2) is 5.78 Å². The first-order valence-corrected chi connectivity index (χ1v) is 9.09. The Morgan fingerprint density at radius 2 is 1.85 bits per heavy atom. The SMILES string of the molecule is CC(=O)c1ccc(OCCCC(=O)NCCCN2CCNCC2)cc1.Cl. The molecule has 0 radical (unpaired) electrons. The van der Waals surface area contributed by atoms with Crippen molar-refractivity contribution in [1.29, 1.82) is 0 Å². The van der Waals surface area contributed by atoms with E-state index in [1.54, 1.807) is 24.3 Å². The second-order valence-corrected chi connectivity index (χ2v) is 6.33. The third-order valence-corrected chi connectivity index (χ3v) is 4.26. The van der Waals surface area contributed by atoms with Gasteiger partial charge in [-0.15, -0.1) is 12.4 Å². The first-order chi connectivity index (χ1) is 12.1. The van der Waals surface area contributed by atoms with E-state index in [1.165, 1.54) is 6.92 Å². The van der Waals surface area contributed by atoms with E-state index in [9.17, 15) is 9.59 Å². The Kier molecular flexibility index (Phi) is 10.9. The standard InChI is InChI=1S/C19H29N3O3.ClH/c1-16(23)17-5-7-18(8-6-17)25-15-2-4-19(24)21-9-3-12-22-13-10-20-11-14-22;/h5-8,20H,2-4,9-15H2,1H3,(H,21,24);1H. The second-order valence-electron chi connectivity index (χ2n) is 6.33. The van der Waals surface area contributed by atoms with Crippen LogP contribution < -0.4 is 15.4 Å². The molecular formula is C19H30ClN3O3. The number of carbonyl (C=O) groups excluding carboxylic acids is 2. The first kappa shape index (κ1) is 22.4. The molecule has 1 aliphatic rings. The Hall–Kier alpha value is -1.63. The van der Waals surface area contributed by atoms with Crippen LogP contribution >= 0.6 is 12.4 Å². The number of rotatable bonds is 10. The van der Waals surface area contributed by atoms with Crippen molar-refractivity contribution < 1.29 is 14.3 Å². The first-order valence-electron chi connectivity index (χ1n) is 9.09. The number of Topliss-reactive ketones (excluding diaryl/α,β-unsaturated/α-hetero) is 1. The molecule has 1 aliphatic heterocycles. The summed E-state index contributed by atoms with van der Waals surface area (Å²) in [4.78, 5) is 25.4. The smallest absolute Gasteiger partial charge is 0.220 e. The lowest BCUT2D eigenvalue weighted by Gasteiger charge is -2.27. The van der Waals surface area contributed by atoms with Crippen molar-refractivity contribution in [2.75, 3.05) is 45.9 Å². The minimum absolute atomic E-state index is 0. The molecule has 0 saturated carbocycles. The van der Waals surface area contributed by atoms with Gasteiger partial charge in [-0.25, -0.2) is 0 Å². The van der Waals surface area contributed by atoms with Crippen LogP contribution in [0.2, 0.25) is 0 Å². The fourth-order valence-electron chi connectivity index (χ4n) is 2.76. The zero-order valence-corrected chi connectivity index (χ0v) is 16.3. The maximum Gasteiger partial charge on any atom is 0.220 e. The van der Waals surface area contributed by atoms with Gasteiger partial charge in [0.05, 0.1) is 6.61 Å². The number of carbonyl (C=O) groups is 2. The lowest BCUT2D eigenvalue weighted by molar-refractivity contribution is -0.121. The number of hydrogen-bond acceptors (Lipinski definition) is 5. The lowest BCUT2D eigenvalue weighted by atomic mass is 10.1. The summed E-state index contributed by atoms with van der Waals surface area (Å²) in [6, 6.07) is 7.07. The van der Waals surface area contributed by atoms with Gasteiger partial charge in [0.25, 0.3) is 0 Å². The Bertz CT molecular complexity index is 545. The van der Waals surface area contributed by atoms with Crippen molar-refractivity contribution in [1.82, 2.24) is 15.5 Å². The number of ether oxygens (including phenoxy) is 1. The van der Waals surface area contributed by atoms with Crippen molar-refractivity contribution in [3.05, 3.63) is 29.8 Å². The van der Waals surface area contributed by atoms with Gasteiger partial charge in [0, 0.05) is 44.7 Å². The third kappa shape index (κ3) is 8.65. The summed E-state index contributed by atoms with van der Waals surface area (Å²) in [5, 5.41) is 6.30. The summed E-state index contributed by atoms with van der Waals surface area (Å²) >= 11 is 0. The molecule has 146 valence electrons. The highest BCUT2D eigenvalue weighted by Gasteiger charge is 2.08. The van der Waals surface area contributed by atoms with E-state index in [-0.39, 0.29) is 24.1 Å². The number of nitrogens with zero attached hydrogens (tertiary/aromatic N) is 1. The topological polar surface area (TPSA) is 70.7 Å². The van der Waals surface area contributed by atoms with Crippen LogP contribution in [0, 0.1) is 0 Å². The molecule has 1 amide bonds. The van der Waals surface area contributed by atoms with Gasteiger partial charge in [0.1, 0.15) is 5.75 Å². The Balaban J connectivity index is 0.00000338. The van der Waals surface area contributed by atoms with Gasteiger partial charge in [0.2, 0.25) is 5.91 Å². The summed E-state index contributed by atoms with van der Waals surface area (Å²) in [5.41, 5.74) is 0.674. The zero-order chi connectivity index (χ0) is 17.9. The minimum Gasteiger partial charge on any atom is -0.494 e. The quantitative estimate of drug-likeness (QED) is 0.477. The van der Waals surface area contributed by atoms with Crippen LogP contribution in [0.1, 0.15) is 36.5 Å². The summed E-state index contributed by atoms with van der Waals surface area (Å²) in [6.07, 6.45) is 2.14. The van der Waals surface area contributed by atoms with Crippen LogP contribution in [0.3, 0.4) is 0 Å². The highest BCUT2D eigenvalue weighted by atomic mass is 35.5. The molecule has 1 heterocycles. The highest BCUT2D eigenvalue weighted by molar-refractivity contribution is 5.94. The molecule has 6 nitrogen and oxygen atoms in total. The molecule has 0 aliphatic carbocycles. The molecule has 2 N–H and O–H groups in total. The summed E-state index contributed by atoms with van der Waals surface area (Å²) in [7, 11) is 0. The van der Waals surface area contributed by atoms with E-state index in [0.717, 1.165) is 51.4 Å². The molecule has 0 bridgehead atoms. The van der Waals surface area contributed by atoms with Gasteiger partial charge >= 0.3 is 0 Å². The van der Waals surface area contributed by atoms with Gasteiger partial charge in [-0.1, -0.05) is 0 Å². The Morgan fingerprint density at radius 1 is 1.15 bits per heavy atom. The molecular weight excluding hydrogens is 354 g/mol. The summed E-state index contributed by atoms with van der Waals surface area (Å²) in [5.74, 6) is 0.845. The Morgan fingerprint density at radius 3 is 2.50 bits per heavy atom. The molecule has 1 aromatic rings. The van der Waals surface area contributed by atoms with Crippen molar-refractivity contribution in [3.63, 3.8) is 0 Å². The number of halogens is 1. The second kappa shape index (κ2) is 12.7. The average molecular weight is 384 g/mol. The average Bonchev–Trinajstić information content (AvgIpc) is 2.63. The Labute approximate surface area is 162 Å². The van der Waals surface area contributed by atoms with E-state index in [1.807, 2.05) is 0 Å². The largest absolute Gasteiger partial charge is 0.494 e. The predicted octanol–water partition coefficient (Wildman–Crippen LogP) is 1.88. The maximum absolute atomic E-state index is 11.8. The van der Waals surface area contributed by atoms with E-state index in [2.05, 4.69) is 15.5 Å². The molecule has 1 saturated heterocycles. The fourth-order valence-corrected chi connectivity index (χ4v) is 2.76. The van der Waals surface area contributed by atoms with Crippen molar-refractivity contribution in [2.45, 2.75) is 26.2 Å². The number of piperazine rings is 1. The van der Waals surface area contributed by atoms with Crippen LogP contribution in [0.15, 0.2) is 24.3 Å². The van der Waals surface area contributed by atoms with E-state index < -0.39 is 0 Å². The number of amides is 1. The molecule has 0 spiro atoms. The van der Waals surface area contributed by atoms with Gasteiger partial charge in [-0.2, -0.15) is 0 Å². The monoisotopic (exact) mass is 383 g/mol. The van der Waals surface area contributed by atoms with E-state index >= 15 is 0 Å². The van der Waals surface area contributed by atoms with E-state index in [4.69, 9.17) is 4.74 Å². The molecule has 7 heteroatoms. The summed E-state index contributed by atoms with van der Waals surface area (Å²) in [6.45, 7) is 8.12. The molecule has 1 aromatic carbocycles. The number of nitrogens with one attached hydrogen (secondary N) is 2. The predicted molar refractivity (Wildman–Crippen MR) is 105 cm³/mol. The molecule has 1 fully saturated rings. The lowest BCUT2D eigenvalue weighted by Crippen LogP contribution is -2.44. The molecule has 0 aromatic heterocycles. The number of benzene rings is 1. The van der Waals surface area contributed by atoms with Crippen LogP contribution in [0.4, 0.5) is 0 Å². The zero-order valence-electron chi connectivity index (χ0n) is 15.5. The number of ketones is 1. The van der Waals surface area contributed by atoms with Crippen molar-refractivity contribution in [2.24, 2.45) is 0 Å². The molecule has 26 heavy (non-hydrogen) atoms. The van der Waals surface area contributed by atoms with Gasteiger partial charge in [-0.3, -0.25) is 9.59 Å². The normalized spacial score (nSPS) is 14.3.